The topological polar surface area (TPSA) is 102 Å². The average Bonchev–Trinajstić information content (AvgIpc) is 3.34. The zero-order valence-electron chi connectivity index (χ0n) is 22.0. The second-order valence-corrected chi connectivity index (χ2v) is 11.1. The summed E-state index contributed by atoms with van der Waals surface area (Å²) >= 11 is 1.23. The number of hydrogen-bond acceptors (Lipinski definition) is 7. The van der Waals surface area contributed by atoms with E-state index in [1.807, 2.05) is 52.0 Å². The number of hydrogen-bond donors (Lipinski definition) is 1. The molecule has 1 aromatic carbocycles. The predicted octanol–water partition coefficient (Wildman–Crippen LogP) is 5.13. The number of ether oxygens (including phenoxy) is 2. The molecule has 1 saturated carbocycles. The Balaban J connectivity index is 1.50. The smallest absolute Gasteiger partial charge is 0.341 e. The van der Waals surface area contributed by atoms with Gasteiger partial charge in [0.05, 0.1) is 18.6 Å². The van der Waals surface area contributed by atoms with Gasteiger partial charge >= 0.3 is 5.97 Å². The van der Waals surface area contributed by atoms with Gasteiger partial charge in [0.25, 0.3) is 0 Å². The Labute approximate surface area is 221 Å². The molecule has 2 aromatic rings. The molecule has 8 nitrogen and oxygen atoms in total. The summed E-state index contributed by atoms with van der Waals surface area (Å²) in [6.45, 7) is 10.3. The molecule has 0 spiro atoms. The van der Waals surface area contributed by atoms with Crippen LogP contribution >= 0.6 is 11.3 Å². The van der Waals surface area contributed by atoms with E-state index in [1.165, 1.54) is 16.2 Å². The number of carbonyl (C=O) groups excluding carboxylic acids is 4. The van der Waals surface area contributed by atoms with Gasteiger partial charge in [-0.1, -0.05) is 32.9 Å². The van der Waals surface area contributed by atoms with Gasteiger partial charge in [-0.3, -0.25) is 19.3 Å². The van der Waals surface area contributed by atoms with Crippen LogP contribution in [0.4, 0.5) is 5.00 Å². The van der Waals surface area contributed by atoms with E-state index >= 15 is 0 Å². The van der Waals surface area contributed by atoms with Crippen LogP contribution in [-0.4, -0.2) is 48.3 Å². The van der Waals surface area contributed by atoms with Crippen LogP contribution in [-0.2, 0) is 19.1 Å². The first-order valence-corrected chi connectivity index (χ1v) is 13.6. The molecule has 3 amide bonds. The van der Waals surface area contributed by atoms with Crippen molar-refractivity contribution in [2.24, 2.45) is 16.7 Å². The fourth-order valence-corrected chi connectivity index (χ4v) is 6.45. The summed E-state index contributed by atoms with van der Waals surface area (Å²) in [5.41, 5.74) is 0.707. The lowest BCUT2D eigenvalue weighted by Crippen LogP contribution is -2.59. The van der Waals surface area contributed by atoms with E-state index < -0.39 is 16.8 Å². The number of anilines is 1. The van der Waals surface area contributed by atoms with Crippen molar-refractivity contribution in [3.8, 4) is 16.9 Å². The number of fused-ring (bicyclic) bond motifs is 2. The van der Waals surface area contributed by atoms with Crippen LogP contribution in [0.5, 0.6) is 5.75 Å². The molecule has 1 aliphatic heterocycles. The lowest BCUT2D eigenvalue weighted by atomic mass is 9.62. The summed E-state index contributed by atoms with van der Waals surface area (Å²) in [5, 5.41) is 4.98. The van der Waals surface area contributed by atoms with Crippen LogP contribution < -0.4 is 10.1 Å². The highest BCUT2D eigenvalue weighted by Crippen LogP contribution is 2.60. The lowest BCUT2D eigenvalue weighted by molar-refractivity contribution is -0.167. The lowest BCUT2D eigenvalue weighted by Gasteiger charge is -2.47. The molecule has 9 heteroatoms. The van der Waals surface area contributed by atoms with Gasteiger partial charge in [-0.05, 0) is 49.8 Å². The van der Waals surface area contributed by atoms with Gasteiger partial charge in [0.15, 0.2) is 0 Å². The summed E-state index contributed by atoms with van der Waals surface area (Å²) in [7, 11) is 0. The number of imide groups is 1. The fourth-order valence-electron chi connectivity index (χ4n) is 5.48. The summed E-state index contributed by atoms with van der Waals surface area (Å²) in [6, 6.07) is 7.35. The third kappa shape index (κ3) is 4.65. The van der Waals surface area contributed by atoms with Crippen LogP contribution in [0.1, 0.15) is 64.2 Å². The van der Waals surface area contributed by atoms with Crippen molar-refractivity contribution < 1.29 is 28.7 Å². The van der Waals surface area contributed by atoms with Gasteiger partial charge < -0.3 is 14.8 Å². The number of thiophene rings is 1. The Morgan fingerprint density at radius 2 is 1.81 bits per heavy atom. The standard InChI is InChI=1S/C28H34N2O6S/c1-6-35-18-10-8-17(9-11-18)19-16-37-23(22(19)25(33)36-7-2)29-21(31)13-15-30-24(32)20-12-14-28(5,26(30)34)27(20,3)4/h8-11,16,20H,6-7,12-15H2,1-5H3,(H,29,31). The highest BCUT2D eigenvalue weighted by Gasteiger charge is 2.64. The van der Waals surface area contributed by atoms with E-state index in [4.69, 9.17) is 9.47 Å². The van der Waals surface area contributed by atoms with Crippen molar-refractivity contribution in [1.82, 2.24) is 4.90 Å². The number of likely N-dealkylation sites (tertiary alicyclic amines) is 1. The minimum Gasteiger partial charge on any atom is -0.494 e. The van der Waals surface area contributed by atoms with Crippen LogP contribution in [0.2, 0.25) is 0 Å². The van der Waals surface area contributed by atoms with E-state index in [0.717, 1.165) is 11.3 Å². The highest BCUT2D eigenvalue weighted by atomic mass is 32.1. The van der Waals surface area contributed by atoms with Gasteiger partial charge in [-0.25, -0.2) is 4.79 Å². The number of benzene rings is 1. The van der Waals surface area contributed by atoms with Crippen molar-refractivity contribution in [3.05, 3.63) is 35.2 Å². The molecule has 2 atom stereocenters. The first-order chi connectivity index (χ1) is 17.5. The molecule has 1 saturated heterocycles. The number of amides is 3. The van der Waals surface area contributed by atoms with Gasteiger partial charge in [-0.2, -0.15) is 0 Å². The summed E-state index contributed by atoms with van der Waals surface area (Å²) in [5.74, 6) is -0.809. The van der Waals surface area contributed by atoms with Crippen LogP contribution in [0.25, 0.3) is 11.1 Å². The van der Waals surface area contributed by atoms with E-state index in [0.29, 0.717) is 30.0 Å². The minimum atomic E-state index is -0.612. The number of nitrogens with zero attached hydrogens (tertiary/aromatic N) is 1. The molecule has 1 N–H and O–H groups in total. The quantitative estimate of drug-likeness (QED) is 0.359. The van der Waals surface area contributed by atoms with E-state index in [-0.39, 0.29) is 48.8 Å². The SMILES string of the molecule is CCOC(=O)c1c(-c2ccc(OCC)cc2)csc1NC(=O)CCN1C(=O)C2CCC(C)(C1=O)C2(C)C. The van der Waals surface area contributed by atoms with Gasteiger partial charge in [0, 0.05) is 29.8 Å². The Morgan fingerprint density at radius 3 is 2.46 bits per heavy atom. The maximum absolute atomic E-state index is 13.2. The molecule has 4 rings (SSSR count). The summed E-state index contributed by atoms with van der Waals surface area (Å²) < 4.78 is 10.8. The Bertz CT molecular complexity index is 1220. The molecule has 2 heterocycles. The minimum absolute atomic E-state index is 0.0114. The first kappa shape index (κ1) is 26.9. The third-order valence-electron chi connectivity index (χ3n) is 8.07. The molecule has 198 valence electrons. The van der Waals surface area contributed by atoms with Crippen molar-refractivity contribution in [1.29, 1.82) is 0 Å². The van der Waals surface area contributed by atoms with Gasteiger partial charge in [-0.15, -0.1) is 11.3 Å². The summed E-state index contributed by atoms with van der Waals surface area (Å²) in [6.07, 6.45) is 1.30. The number of carbonyl (C=O) groups is 4. The Morgan fingerprint density at radius 1 is 1.11 bits per heavy atom. The molecule has 2 fully saturated rings. The largest absolute Gasteiger partial charge is 0.494 e. The molecular weight excluding hydrogens is 492 g/mol. The third-order valence-corrected chi connectivity index (χ3v) is 8.97. The molecule has 0 radical (unpaired) electrons. The average molecular weight is 527 g/mol. The zero-order chi connectivity index (χ0) is 27.0. The zero-order valence-corrected chi connectivity index (χ0v) is 22.8. The van der Waals surface area contributed by atoms with E-state index in [1.54, 1.807) is 12.3 Å². The second kappa shape index (κ2) is 10.3. The van der Waals surface area contributed by atoms with E-state index in [9.17, 15) is 19.2 Å². The van der Waals surface area contributed by atoms with Crippen molar-refractivity contribution in [2.45, 2.75) is 53.9 Å². The number of piperidine rings is 1. The molecule has 37 heavy (non-hydrogen) atoms. The maximum atomic E-state index is 13.2. The van der Waals surface area contributed by atoms with Gasteiger partial charge in [0.1, 0.15) is 16.3 Å². The molecular formula is C28H34N2O6S. The summed E-state index contributed by atoms with van der Waals surface area (Å²) in [4.78, 5) is 53.4. The van der Waals surface area contributed by atoms with Crippen molar-refractivity contribution in [2.75, 3.05) is 25.1 Å². The van der Waals surface area contributed by atoms with Crippen LogP contribution in [0, 0.1) is 16.7 Å². The normalized spacial score (nSPS) is 22.2. The molecule has 2 aliphatic rings. The second-order valence-electron chi connectivity index (χ2n) is 10.3. The maximum Gasteiger partial charge on any atom is 0.341 e. The number of nitrogens with one attached hydrogen (secondary N) is 1. The van der Waals surface area contributed by atoms with Crippen LogP contribution in [0.15, 0.2) is 29.6 Å². The fraction of sp³-hybridized carbons (Fsp3) is 0.500. The molecule has 2 bridgehead atoms. The van der Waals surface area contributed by atoms with Crippen molar-refractivity contribution in [3.63, 3.8) is 0 Å². The predicted molar refractivity (Wildman–Crippen MR) is 141 cm³/mol. The Kier molecular flexibility index (Phi) is 7.46. The first-order valence-electron chi connectivity index (χ1n) is 12.7. The van der Waals surface area contributed by atoms with Crippen molar-refractivity contribution >= 4 is 40.0 Å². The number of rotatable bonds is 9. The van der Waals surface area contributed by atoms with Crippen LogP contribution in [0.3, 0.4) is 0 Å². The molecule has 1 aromatic heterocycles. The van der Waals surface area contributed by atoms with E-state index in [2.05, 4.69) is 5.32 Å². The monoisotopic (exact) mass is 526 g/mol. The molecule has 2 unspecified atom stereocenters. The highest BCUT2D eigenvalue weighted by molar-refractivity contribution is 7.15. The Hall–Kier alpha value is -3.20. The van der Waals surface area contributed by atoms with Gasteiger partial charge in [0.2, 0.25) is 17.7 Å². The molecule has 1 aliphatic carbocycles. The number of esters is 1.